The van der Waals surface area contributed by atoms with Gasteiger partial charge in [-0.05, 0) is 49.9 Å². The normalized spacial score (nSPS) is 25.1. The van der Waals surface area contributed by atoms with Crippen molar-refractivity contribution in [1.29, 1.82) is 0 Å². The van der Waals surface area contributed by atoms with Gasteiger partial charge in [-0.25, -0.2) is 4.39 Å². The van der Waals surface area contributed by atoms with E-state index in [1.807, 2.05) is 12.1 Å². The molecule has 1 N–H and O–H groups in total. The number of hydrogen-bond acceptors (Lipinski definition) is 3. The molecule has 0 bridgehead atoms. The highest BCUT2D eigenvalue weighted by Crippen LogP contribution is 2.34. The Bertz CT molecular complexity index is 480. The van der Waals surface area contributed by atoms with Gasteiger partial charge in [0.2, 0.25) is 0 Å². The van der Waals surface area contributed by atoms with Crippen LogP contribution in [0.15, 0.2) is 18.2 Å². The van der Waals surface area contributed by atoms with Crippen LogP contribution >= 0.6 is 0 Å². The van der Waals surface area contributed by atoms with E-state index in [2.05, 4.69) is 17.1 Å². The van der Waals surface area contributed by atoms with Gasteiger partial charge in [0, 0.05) is 13.1 Å². The average molecular weight is 292 g/mol. The summed E-state index contributed by atoms with van der Waals surface area (Å²) in [4.78, 5) is 2.22. The molecule has 0 aromatic heterocycles. The Morgan fingerprint density at radius 2 is 2.29 bits per heavy atom. The van der Waals surface area contributed by atoms with Crippen molar-refractivity contribution in [1.82, 2.24) is 5.32 Å². The van der Waals surface area contributed by atoms with Crippen molar-refractivity contribution >= 4 is 5.69 Å². The summed E-state index contributed by atoms with van der Waals surface area (Å²) in [5, 5.41) is 3.31. The van der Waals surface area contributed by atoms with Crippen molar-refractivity contribution in [2.75, 3.05) is 24.6 Å². The molecule has 2 fully saturated rings. The molecule has 2 atom stereocenters. The summed E-state index contributed by atoms with van der Waals surface area (Å²) in [7, 11) is 0. The van der Waals surface area contributed by atoms with Crippen LogP contribution in [-0.4, -0.2) is 31.8 Å². The third-order valence-electron chi connectivity index (χ3n) is 4.56. The lowest BCUT2D eigenvalue weighted by atomic mass is 10.1. The highest BCUT2D eigenvalue weighted by molar-refractivity contribution is 5.51. The topological polar surface area (TPSA) is 24.5 Å². The largest absolute Gasteiger partial charge is 0.374 e. The van der Waals surface area contributed by atoms with Gasteiger partial charge in [-0.15, -0.1) is 0 Å². The van der Waals surface area contributed by atoms with Gasteiger partial charge in [0.25, 0.3) is 0 Å². The minimum atomic E-state index is -0.0988. The van der Waals surface area contributed by atoms with Crippen LogP contribution in [0.2, 0.25) is 0 Å². The van der Waals surface area contributed by atoms with Crippen molar-refractivity contribution in [2.24, 2.45) is 0 Å². The molecule has 2 unspecified atom stereocenters. The summed E-state index contributed by atoms with van der Waals surface area (Å²) in [6.45, 7) is 5.34. The van der Waals surface area contributed by atoms with E-state index in [0.29, 0.717) is 18.8 Å². The van der Waals surface area contributed by atoms with Crippen LogP contribution in [0.4, 0.5) is 10.1 Å². The van der Waals surface area contributed by atoms with Crippen molar-refractivity contribution in [3.63, 3.8) is 0 Å². The molecule has 2 aliphatic rings. The summed E-state index contributed by atoms with van der Waals surface area (Å²) < 4.78 is 20.3. The first kappa shape index (κ1) is 14.8. The highest BCUT2D eigenvalue weighted by Gasteiger charge is 2.36. The maximum Gasteiger partial charge on any atom is 0.146 e. The summed E-state index contributed by atoms with van der Waals surface area (Å²) in [5.74, 6) is -0.0988. The number of nitrogens with one attached hydrogen (secondary N) is 1. The van der Waals surface area contributed by atoms with Gasteiger partial charge < -0.3 is 15.0 Å². The predicted octanol–water partition coefficient (Wildman–Crippen LogP) is 3.08. The second kappa shape index (κ2) is 6.75. The quantitative estimate of drug-likeness (QED) is 0.844. The fraction of sp³-hybridized carbons (Fsp3) is 0.647. The van der Waals surface area contributed by atoms with Gasteiger partial charge in [0.05, 0.1) is 24.4 Å². The third kappa shape index (κ3) is 3.22. The molecular formula is C17H25FN2O. The van der Waals surface area contributed by atoms with E-state index >= 15 is 0 Å². The Morgan fingerprint density at radius 1 is 1.38 bits per heavy atom. The van der Waals surface area contributed by atoms with E-state index in [4.69, 9.17) is 4.74 Å². The van der Waals surface area contributed by atoms with Gasteiger partial charge in [0.1, 0.15) is 5.82 Å². The SMILES string of the molecule is CCCNCc1ccc(N2CCOC3CCCC32)c(F)c1. The highest BCUT2D eigenvalue weighted by atomic mass is 19.1. The third-order valence-corrected chi connectivity index (χ3v) is 4.56. The summed E-state index contributed by atoms with van der Waals surface area (Å²) >= 11 is 0. The molecule has 1 aromatic carbocycles. The lowest BCUT2D eigenvalue weighted by molar-refractivity contribution is 0.0254. The van der Waals surface area contributed by atoms with Crippen molar-refractivity contribution in [3.05, 3.63) is 29.6 Å². The Morgan fingerprint density at radius 3 is 3.10 bits per heavy atom. The van der Waals surface area contributed by atoms with E-state index in [1.54, 1.807) is 6.07 Å². The molecule has 0 radical (unpaired) electrons. The lowest BCUT2D eigenvalue weighted by Gasteiger charge is -2.39. The molecule has 4 heteroatoms. The van der Waals surface area contributed by atoms with Gasteiger partial charge >= 0.3 is 0 Å². The molecule has 116 valence electrons. The molecule has 0 amide bonds. The Balaban J connectivity index is 1.72. The molecule has 1 saturated carbocycles. The van der Waals surface area contributed by atoms with Gasteiger partial charge in [-0.3, -0.25) is 0 Å². The zero-order valence-corrected chi connectivity index (χ0v) is 12.8. The van der Waals surface area contributed by atoms with E-state index in [9.17, 15) is 4.39 Å². The van der Waals surface area contributed by atoms with E-state index < -0.39 is 0 Å². The number of ether oxygens (including phenoxy) is 1. The summed E-state index contributed by atoms with van der Waals surface area (Å²) in [6.07, 6.45) is 4.80. The number of halogens is 1. The monoisotopic (exact) mass is 292 g/mol. The molecule has 1 aliphatic heterocycles. The first-order chi connectivity index (χ1) is 10.3. The zero-order chi connectivity index (χ0) is 14.7. The minimum absolute atomic E-state index is 0.0988. The number of hydrogen-bond donors (Lipinski definition) is 1. The average Bonchev–Trinajstić information content (AvgIpc) is 2.96. The molecule has 21 heavy (non-hydrogen) atoms. The van der Waals surface area contributed by atoms with Crippen LogP contribution < -0.4 is 10.2 Å². The Kier molecular flexibility index (Phi) is 4.76. The van der Waals surface area contributed by atoms with Crippen molar-refractivity contribution < 1.29 is 9.13 Å². The molecular weight excluding hydrogens is 267 g/mol. The maximum atomic E-state index is 14.5. The Hall–Kier alpha value is -1.13. The lowest BCUT2D eigenvalue weighted by Crippen LogP contribution is -2.49. The maximum absolute atomic E-state index is 14.5. The minimum Gasteiger partial charge on any atom is -0.374 e. The number of anilines is 1. The molecule has 1 saturated heterocycles. The predicted molar refractivity (Wildman–Crippen MR) is 83.1 cm³/mol. The van der Waals surface area contributed by atoms with Crippen LogP contribution in [0.1, 0.15) is 38.2 Å². The molecule has 0 spiro atoms. The fourth-order valence-electron chi connectivity index (χ4n) is 3.53. The van der Waals surface area contributed by atoms with E-state index in [-0.39, 0.29) is 5.82 Å². The number of rotatable bonds is 5. The molecule has 1 heterocycles. The summed E-state index contributed by atoms with van der Waals surface area (Å²) in [5.41, 5.74) is 1.76. The number of benzene rings is 1. The summed E-state index contributed by atoms with van der Waals surface area (Å²) in [6, 6.07) is 6.02. The second-order valence-electron chi connectivity index (χ2n) is 6.06. The first-order valence-electron chi connectivity index (χ1n) is 8.17. The second-order valence-corrected chi connectivity index (χ2v) is 6.06. The smallest absolute Gasteiger partial charge is 0.146 e. The number of nitrogens with zero attached hydrogens (tertiary/aromatic N) is 1. The van der Waals surface area contributed by atoms with Crippen LogP contribution in [0.3, 0.4) is 0 Å². The number of fused-ring (bicyclic) bond motifs is 1. The molecule has 3 rings (SSSR count). The van der Waals surface area contributed by atoms with Crippen LogP contribution in [0.5, 0.6) is 0 Å². The first-order valence-corrected chi connectivity index (χ1v) is 8.17. The van der Waals surface area contributed by atoms with Gasteiger partial charge in [0.15, 0.2) is 0 Å². The fourth-order valence-corrected chi connectivity index (χ4v) is 3.53. The van der Waals surface area contributed by atoms with Crippen molar-refractivity contribution in [2.45, 2.75) is 51.3 Å². The standard InChI is InChI=1S/C17H25FN2O/c1-2-8-19-12-13-6-7-15(14(18)11-13)20-9-10-21-17-5-3-4-16(17)20/h6-7,11,16-17,19H,2-5,8-10,12H2,1H3. The van der Waals surface area contributed by atoms with E-state index in [1.165, 1.54) is 6.42 Å². The Labute approximate surface area is 126 Å². The van der Waals surface area contributed by atoms with Crippen molar-refractivity contribution in [3.8, 4) is 0 Å². The molecule has 3 nitrogen and oxygen atoms in total. The molecule has 1 aliphatic carbocycles. The zero-order valence-electron chi connectivity index (χ0n) is 12.8. The van der Waals surface area contributed by atoms with Crippen LogP contribution in [0.25, 0.3) is 0 Å². The van der Waals surface area contributed by atoms with E-state index in [0.717, 1.165) is 50.1 Å². The van der Waals surface area contributed by atoms with Gasteiger partial charge in [-0.1, -0.05) is 13.0 Å². The molecule has 1 aromatic rings. The number of morpholine rings is 1. The van der Waals surface area contributed by atoms with Gasteiger partial charge in [-0.2, -0.15) is 0 Å². The van der Waals surface area contributed by atoms with Crippen LogP contribution in [0, 0.1) is 5.82 Å². The van der Waals surface area contributed by atoms with Crippen LogP contribution in [-0.2, 0) is 11.3 Å².